The Morgan fingerprint density at radius 3 is 2.32 bits per heavy atom. The minimum absolute atomic E-state index is 0.180. The number of anilines is 2. The van der Waals surface area contributed by atoms with Crippen molar-refractivity contribution in [3.63, 3.8) is 0 Å². The van der Waals surface area contributed by atoms with Gasteiger partial charge >= 0.3 is 0 Å². The molecule has 4 rings (SSSR count). The largest absolute Gasteiger partial charge is 0.321 e. The third-order valence-electron chi connectivity index (χ3n) is 4.03. The third kappa shape index (κ3) is 3.84. The first-order valence-corrected chi connectivity index (χ1v) is 9.43. The van der Waals surface area contributed by atoms with Crippen LogP contribution in [-0.4, -0.2) is 21.4 Å². The Morgan fingerprint density at radius 1 is 0.857 bits per heavy atom. The second-order valence-electron chi connectivity index (χ2n) is 5.95. The quantitative estimate of drug-likeness (QED) is 0.531. The summed E-state index contributed by atoms with van der Waals surface area (Å²) in [6.45, 7) is 0. The van der Waals surface area contributed by atoms with Gasteiger partial charge in [-0.1, -0.05) is 30.3 Å². The molecule has 2 N–H and O–H groups in total. The molecule has 0 fully saturated rings. The molecule has 0 saturated carbocycles. The maximum absolute atomic E-state index is 12.7. The number of carbonyl (C=O) groups excluding carboxylic acids is 2. The van der Waals surface area contributed by atoms with Crippen LogP contribution >= 0.6 is 11.3 Å². The van der Waals surface area contributed by atoms with Gasteiger partial charge in [0.15, 0.2) is 0 Å². The van der Waals surface area contributed by atoms with Gasteiger partial charge < -0.3 is 10.6 Å². The molecule has 0 radical (unpaired) electrons. The van der Waals surface area contributed by atoms with E-state index in [4.69, 9.17) is 0 Å². The van der Waals surface area contributed by atoms with E-state index in [1.165, 1.54) is 17.5 Å². The highest BCUT2D eigenvalue weighted by Crippen LogP contribution is 2.19. The van der Waals surface area contributed by atoms with E-state index >= 15 is 0 Å². The number of nitrogens with one attached hydrogen (secondary N) is 2. The molecule has 0 spiro atoms. The summed E-state index contributed by atoms with van der Waals surface area (Å²) in [5.74, 6) is -0.469. The molecular formula is C21H16N4O2S. The van der Waals surface area contributed by atoms with Gasteiger partial charge in [0, 0.05) is 17.1 Å². The highest BCUT2D eigenvalue weighted by atomic mass is 32.1. The number of nitrogens with zero attached hydrogens (tertiary/aromatic N) is 2. The van der Waals surface area contributed by atoms with Gasteiger partial charge in [0.1, 0.15) is 5.69 Å². The Kier molecular flexibility index (Phi) is 4.99. The highest BCUT2D eigenvalue weighted by Gasteiger charge is 2.14. The Bertz CT molecular complexity index is 1100. The van der Waals surface area contributed by atoms with E-state index in [0.29, 0.717) is 21.9 Å². The van der Waals surface area contributed by atoms with Crippen molar-refractivity contribution in [3.05, 3.63) is 95.2 Å². The van der Waals surface area contributed by atoms with E-state index < -0.39 is 0 Å². The van der Waals surface area contributed by atoms with E-state index in [2.05, 4.69) is 15.6 Å². The number of thiophene rings is 1. The minimum Gasteiger partial charge on any atom is -0.321 e. The Morgan fingerprint density at radius 2 is 1.61 bits per heavy atom. The number of para-hydroxylation sites is 1. The molecule has 4 aromatic rings. The lowest BCUT2D eigenvalue weighted by Crippen LogP contribution is -2.16. The molecule has 2 amide bonds. The van der Waals surface area contributed by atoms with Gasteiger partial charge in [-0.05, 0) is 41.8 Å². The van der Waals surface area contributed by atoms with Gasteiger partial charge in [0.05, 0.1) is 17.4 Å². The molecule has 0 atom stereocenters. The molecule has 0 saturated heterocycles. The van der Waals surface area contributed by atoms with Crippen LogP contribution < -0.4 is 10.6 Å². The fraction of sp³-hybridized carbons (Fsp3) is 0. The Balaban J connectivity index is 1.50. The van der Waals surface area contributed by atoms with Crippen molar-refractivity contribution in [1.29, 1.82) is 0 Å². The predicted molar refractivity (Wildman–Crippen MR) is 110 cm³/mol. The SMILES string of the molecule is O=C(Nc1cccc(NC(=O)c2cncn2-c2ccccc2)c1)c1cccs1. The lowest BCUT2D eigenvalue weighted by molar-refractivity contribution is 0.101. The normalized spacial score (nSPS) is 10.4. The van der Waals surface area contributed by atoms with Crippen LogP contribution in [0.3, 0.4) is 0 Å². The summed E-state index contributed by atoms with van der Waals surface area (Å²) in [5, 5.41) is 7.54. The van der Waals surface area contributed by atoms with Crippen molar-refractivity contribution in [1.82, 2.24) is 9.55 Å². The first-order chi connectivity index (χ1) is 13.7. The molecule has 0 bridgehead atoms. The highest BCUT2D eigenvalue weighted by molar-refractivity contribution is 7.12. The summed E-state index contributed by atoms with van der Waals surface area (Å²) < 4.78 is 1.72. The van der Waals surface area contributed by atoms with Gasteiger partial charge in [-0.25, -0.2) is 4.98 Å². The predicted octanol–water partition coefficient (Wildman–Crippen LogP) is 4.44. The number of carbonyl (C=O) groups is 2. The molecule has 138 valence electrons. The zero-order chi connectivity index (χ0) is 19.3. The van der Waals surface area contributed by atoms with E-state index in [1.54, 1.807) is 41.2 Å². The zero-order valence-electron chi connectivity index (χ0n) is 14.7. The molecule has 6 nitrogen and oxygen atoms in total. The molecule has 2 aromatic carbocycles. The molecular weight excluding hydrogens is 372 g/mol. The van der Waals surface area contributed by atoms with Crippen molar-refractivity contribution >= 4 is 34.5 Å². The fourth-order valence-electron chi connectivity index (χ4n) is 2.73. The van der Waals surface area contributed by atoms with Crippen molar-refractivity contribution in [2.24, 2.45) is 0 Å². The van der Waals surface area contributed by atoms with Gasteiger partial charge in [-0.15, -0.1) is 11.3 Å². The molecule has 2 aromatic heterocycles. The van der Waals surface area contributed by atoms with Crippen molar-refractivity contribution in [2.45, 2.75) is 0 Å². The van der Waals surface area contributed by atoms with Gasteiger partial charge in [-0.2, -0.15) is 0 Å². The van der Waals surface area contributed by atoms with Gasteiger partial charge in [0.2, 0.25) is 0 Å². The number of imidazole rings is 1. The van der Waals surface area contributed by atoms with Crippen LogP contribution in [0.4, 0.5) is 11.4 Å². The molecule has 0 aliphatic carbocycles. The van der Waals surface area contributed by atoms with E-state index in [0.717, 1.165) is 5.69 Å². The number of hydrogen-bond acceptors (Lipinski definition) is 4. The lowest BCUT2D eigenvalue weighted by Gasteiger charge is -2.10. The molecule has 0 aliphatic heterocycles. The molecule has 2 heterocycles. The van der Waals surface area contributed by atoms with Crippen LogP contribution in [0.15, 0.2) is 84.6 Å². The standard InChI is InChI=1S/C21H16N4O2S/c26-20(18-13-22-14-25(18)17-8-2-1-3-9-17)23-15-6-4-7-16(12-15)24-21(27)19-10-5-11-28-19/h1-14H,(H,23,26)(H,24,27). The summed E-state index contributed by atoms with van der Waals surface area (Å²) in [6.07, 6.45) is 3.12. The smallest absolute Gasteiger partial charge is 0.274 e. The minimum atomic E-state index is -0.289. The van der Waals surface area contributed by atoms with Crippen LogP contribution in [0.2, 0.25) is 0 Å². The third-order valence-corrected chi connectivity index (χ3v) is 4.90. The van der Waals surface area contributed by atoms with Crippen LogP contribution in [0.1, 0.15) is 20.2 Å². The Labute approximate surface area is 165 Å². The Hall–Kier alpha value is -3.71. The molecule has 28 heavy (non-hydrogen) atoms. The summed E-state index contributed by atoms with van der Waals surface area (Å²) in [5.41, 5.74) is 2.45. The van der Waals surface area contributed by atoms with E-state index in [9.17, 15) is 9.59 Å². The first-order valence-electron chi connectivity index (χ1n) is 8.55. The summed E-state index contributed by atoms with van der Waals surface area (Å²) in [4.78, 5) is 29.6. The number of rotatable bonds is 5. The molecule has 7 heteroatoms. The maximum atomic E-state index is 12.7. The first kappa shape index (κ1) is 17.7. The zero-order valence-corrected chi connectivity index (χ0v) is 15.5. The van der Waals surface area contributed by atoms with Crippen LogP contribution in [0.5, 0.6) is 0 Å². The van der Waals surface area contributed by atoms with Crippen molar-refractivity contribution < 1.29 is 9.59 Å². The number of aromatic nitrogens is 2. The maximum Gasteiger partial charge on any atom is 0.274 e. The van der Waals surface area contributed by atoms with E-state index in [-0.39, 0.29) is 11.8 Å². The van der Waals surface area contributed by atoms with Crippen molar-refractivity contribution in [2.75, 3.05) is 10.6 Å². The molecule has 0 unspecified atom stereocenters. The summed E-state index contributed by atoms with van der Waals surface area (Å²) in [6, 6.07) is 20.1. The van der Waals surface area contributed by atoms with E-state index in [1.807, 2.05) is 41.8 Å². The van der Waals surface area contributed by atoms with Gasteiger partial charge in [0.25, 0.3) is 11.8 Å². The molecule has 0 aliphatic rings. The summed E-state index contributed by atoms with van der Waals surface area (Å²) in [7, 11) is 0. The van der Waals surface area contributed by atoms with Crippen LogP contribution in [-0.2, 0) is 0 Å². The topological polar surface area (TPSA) is 76.0 Å². The average Bonchev–Trinajstić information content (AvgIpc) is 3.41. The second-order valence-corrected chi connectivity index (χ2v) is 6.90. The monoisotopic (exact) mass is 388 g/mol. The number of hydrogen-bond donors (Lipinski definition) is 2. The summed E-state index contributed by atoms with van der Waals surface area (Å²) >= 11 is 1.37. The van der Waals surface area contributed by atoms with Crippen LogP contribution in [0.25, 0.3) is 5.69 Å². The fourth-order valence-corrected chi connectivity index (χ4v) is 3.35. The second kappa shape index (κ2) is 7.89. The van der Waals surface area contributed by atoms with Crippen LogP contribution in [0, 0.1) is 0 Å². The average molecular weight is 388 g/mol. The lowest BCUT2D eigenvalue weighted by atomic mass is 10.2. The van der Waals surface area contributed by atoms with Crippen molar-refractivity contribution in [3.8, 4) is 5.69 Å². The number of amides is 2. The van der Waals surface area contributed by atoms with Gasteiger partial charge in [-0.3, -0.25) is 14.2 Å². The number of benzene rings is 2.